The predicted octanol–water partition coefficient (Wildman–Crippen LogP) is 4.79. The highest BCUT2D eigenvalue weighted by molar-refractivity contribution is 6.04. The maximum atomic E-state index is 13.0. The number of morpholine rings is 1. The highest BCUT2D eigenvalue weighted by Crippen LogP contribution is 2.39. The Morgan fingerprint density at radius 3 is 2.70 bits per heavy atom. The lowest BCUT2D eigenvalue weighted by Crippen LogP contribution is -2.54. The minimum absolute atomic E-state index is 0.149. The number of pyridine rings is 1. The number of aliphatic carboxylic acids is 1. The summed E-state index contributed by atoms with van der Waals surface area (Å²) in [4.78, 5) is 30.0. The van der Waals surface area contributed by atoms with E-state index in [4.69, 9.17) is 4.74 Å². The molecule has 2 aromatic carbocycles. The maximum absolute atomic E-state index is 13.0. The molecule has 2 aliphatic rings. The van der Waals surface area contributed by atoms with Gasteiger partial charge in [0, 0.05) is 29.7 Å². The van der Waals surface area contributed by atoms with Gasteiger partial charge in [-0.1, -0.05) is 18.2 Å². The van der Waals surface area contributed by atoms with E-state index in [-0.39, 0.29) is 11.6 Å². The normalized spacial score (nSPS) is 19.1. The summed E-state index contributed by atoms with van der Waals surface area (Å²) in [5.74, 6) is -2.07. The fourth-order valence-electron chi connectivity index (χ4n) is 4.99. The van der Waals surface area contributed by atoms with Crippen LogP contribution in [0.1, 0.15) is 27.2 Å². The number of rotatable bonds is 4. The number of nitrogens with zero attached hydrogens (tertiary/aromatic N) is 2. The summed E-state index contributed by atoms with van der Waals surface area (Å²) in [7, 11) is 0. The number of halogens is 3. The largest absolute Gasteiger partial charge is 0.481 e. The van der Waals surface area contributed by atoms with E-state index in [0.717, 1.165) is 40.2 Å². The Balaban J connectivity index is 1.44. The lowest BCUT2D eigenvalue weighted by molar-refractivity contribution is -0.144. The summed E-state index contributed by atoms with van der Waals surface area (Å²) < 4.78 is 44.6. The van der Waals surface area contributed by atoms with Gasteiger partial charge in [0.25, 0.3) is 5.91 Å². The smallest absolute Gasteiger partial charge is 0.433 e. The summed E-state index contributed by atoms with van der Waals surface area (Å²) in [6, 6.07) is 12.9. The van der Waals surface area contributed by atoms with Gasteiger partial charge < -0.3 is 20.1 Å². The molecule has 0 unspecified atom stereocenters. The van der Waals surface area contributed by atoms with Crippen molar-refractivity contribution in [2.24, 2.45) is 5.92 Å². The lowest BCUT2D eigenvalue weighted by Gasteiger charge is -2.45. The van der Waals surface area contributed by atoms with Crippen LogP contribution in [0.4, 0.5) is 24.5 Å². The first-order valence-corrected chi connectivity index (χ1v) is 11.8. The second-order valence-electron chi connectivity index (χ2n) is 9.24. The average molecular weight is 512 g/mol. The Hall–Kier alpha value is -3.92. The Kier molecular flexibility index (Phi) is 6.36. The number of fused-ring (bicyclic) bond motifs is 3. The molecule has 192 valence electrons. The molecule has 2 atom stereocenters. The van der Waals surface area contributed by atoms with Crippen molar-refractivity contribution in [3.8, 4) is 11.1 Å². The molecule has 37 heavy (non-hydrogen) atoms. The van der Waals surface area contributed by atoms with Crippen molar-refractivity contribution < 1.29 is 32.6 Å². The molecular weight excluding hydrogens is 487 g/mol. The number of amides is 1. The number of hydrogen-bond donors (Lipinski definition) is 2. The van der Waals surface area contributed by atoms with E-state index < -0.39 is 29.7 Å². The van der Waals surface area contributed by atoms with Crippen molar-refractivity contribution >= 4 is 23.3 Å². The first-order chi connectivity index (χ1) is 17.6. The van der Waals surface area contributed by atoms with Gasteiger partial charge in [-0.3, -0.25) is 14.6 Å². The number of ether oxygens (including phenoxy) is 1. The van der Waals surface area contributed by atoms with Gasteiger partial charge in [0.2, 0.25) is 0 Å². The van der Waals surface area contributed by atoms with E-state index in [1.807, 2.05) is 31.2 Å². The molecule has 2 aliphatic heterocycles. The molecule has 1 amide bonds. The molecule has 10 heteroatoms. The van der Waals surface area contributed by atoms with Gasteiger partial charge in [-0.15, -0.1) is 0 Å². The SMILES string of the molecule is Cc1ccc(NC(=O)c2ccnc(C(F)(F)F)c2)cc1-c1ccc2c(c1)N1CCOC[C@@H]1[C@H](C(=O)O)C2. The van der Waals surface area contributed by atoms with Gasteiger partial charge in [-0.25, -0.2) is 0 Å². The first-order valence-electron chi connectivity index (χ1n) is 11.8. The number of aryl methyl sites for hydroxylation is 1. The van der Waals surface area contributed by atoms with Crippen LogP contribution in [0.2, 0.25) is 0 Å². The zero-order chi connectivity index (χ0) is 26.3. The highest BCUT2D eigenvalue weighted by Gasteiger charge is 2.40. The van der Waals surface area contributed by atoms with Crippen LogP contribution in [0.15, 0.2) is 54.7 Å². The number of benzene rings is 2. The minimum Gasteiger partial charge on any atom is -0.481 e. The van der Waals surface area contributed by atoms with Crippen LogP contribution < -0.4 is 10.2 Å². The van der Waals surface area contributed by atoms with Crippen molar-refractivity contribution in [1.29, 1.82) is 0 Å². The molecule has 3 aromatic rings. The monoisotopic (exact) mass is 511 g/mol. The van der Waals surface area contributed by atoms with Crippen molar-refractivity contribution in [2.45, 2.75) is 25.6 Å². The molecule has 1 aromatic heterocycles. The van der Waals surface area contributed by atoms with E-state index in [2.05, 4.69) is 15.2 Å². The Morgan fingerprint density at radius 1 is 1.14 bits per heavy atom. The topological polar surface area (TPSA) is 91.8 Å². The number of nitrogens with one attached hydrogen (secondary N) is 1. The van der Waals surface area contributed by atoms with Crippen LogP contribution >= 0.6 is 0 Å². The number of carbonyl (C=O) groups excluding carboxylic acids is 1. The summed E-state index contributed by atoms with van der Waals surface area (Å²) in [5, 5.41) is 12.4. The van der Waals surface area contributed by atoms with Crippen molar-refractivity contribution in [1.82, 2.24) is 4.98 Å². The molecular formula is C27H24F3N3O4. The van der Waals surface area contributed by atoms with Gasteiger partial charge in [0.1, 0.15) is 5.69 Å². The maximum Gasteiger partial charge on any atom is 0.433 e. The lowest BCUT2D eigenvalue weighted by atomic mass is 9.84. The number of aromatic nitrogens is 1. The Labute approximate surface area is 210 Å². The van der Waals surface area contributed by atoms with Crippen molar-refractivity contribution in [3.05, 3.63) is 77.1 Å². The van der Waals surface area contributed by atoms with Crippen LogP contribution in [-0.4, -0.2) is 47.8 Å². The fourth-order valence-corrected chi connectivity index (χ4v) is 4.99. The minimum atomic E-state index is -4.65. The zero-order valence-corrected chi connectivity index (χ0v) is 19.9. The number of anilines is 2. The van der Waals surface area contributed by atoms with Crippen LogP contribution in [0, 0.1) is 12.8 Å². The van der Waals surface area contributed by atoms with Gasteiger partial charge in [-0.05, 0) is 65.9 Å². The quantitative estimate of drug-likeness (QED) is 0.524. The van der Waals surface area contributed by atoms with E-state index in [9.17, 15) is 27.9 Å². The molecule has 1 fully saturated rings. The second kappa shape index (κ2) is 9.51. The molecule has 5 rings (SSSR count). The molecule has 0 aliphatic carbocycles. The van der Waals surface area contributed by atoms with Crippen LogP contribution in [-0.2, 0) is 22.1 Å². The van der Waals surface area contributed by atoms with Crippen LogP contribution in [0.3, 0.4) is 0 Å². The van der Waals surface area contributed by atoms with Gasteiger partial charge in [-0.2, -0.15) is 13.2 Å². The number of alkyl halides is 3. The summed E-state index contributed by atoms with van der Waals surface area (Å²) in [6.07, 6.45) is -3.28. The second-order valence-corrected chi connectivity index (χ2v) is 9.24. The van der Waals surface area contributed by atoms with E-state index in [1.165, 1.54) is 6.07 Å². The fraction of sp³-hybridized carbons (Fsp3) is 0.296. The molecule has 7 nitrogen and oxygen atoms in total. The number of hydrogen-bond acceptors (Lipinski definition) is 5. The third-order valence-electron chi connectivity index (χ3n) is 6.90. The molecule has 2 N–H and O–H groups in total. The molecule has 3 heterocycles. The van der Waals surface area contributed by atoms with E-state index in [0.29, 0.717) is 31.9 Å². The number of carboxylic acid groups (broad SMARTS) is 1. The Morgan fingerprint density at radius 2 is 1.95 bits per heavy atom. The van der Waals surface area contributed by atoms with Crippen molar-refractivity contribution in [2.75, 3.05) is 30.0 Å². The summed E-state index contributed by atoms with van der Waals surface area (Å²) in [6.45, 7) is 3.38. The number of carboxylic acids is 1. The third-order valence-corrected chi connectivity index (χ3v) is 6.90. The van der Waals surface area contributed by atoms with E-state index in [1.54, 1.807) is 12.1 Å². The highest BCUT2D eigenvalue weighted by atomic mass is 19.4. The average Bonchev–Trinajstić information content (AvgIpc) is 2.88. The van der Waals surface area contributed by atoms with Crippen molar-refractivity contribution in [3.63, 3.8) is 0 Å². The standard InChI is InChI=1S/C27H24F3N3O4/c1-15-2-5-19(32-25(34)18-6-7-31-24(12-18)27(28,29)30)13-20(15)16-3-4-17-10-21(26(35)36)23-14-37-9-8-33(23)22(17)11-16/h2-7,11-13,21,23H,8-10,14H2,1H3,(H,32,34)(H,35,36)/t21-,23-/m1/s1. The molecule has 0 bridgehead atoms. The zero-order valence-electron chi connectivity index (χ0n) is 19.9. The molecule has 1 saturated heterocycles. The van der Waals surface area contributed by atoms with Crippen LogP contribution in [0.5, 0.6) is 0 Å². The van der Waals surface area contributed by atoms with Gasteiger partial charge in [0.15, 0.2) is 0 Å². The Bertz CT molecular complexity index is 1380. The molecule has 0 saturated carbocycles. The summed E-state index contributed by atoms with van der Waals surface area (Å²) in [5.41, 5.74) is 3.74. The first kappa shape index (κ1) is 24.8. The van der Waals surface area contributed by atoms with Gasteiger partial charge >= 0.3 is 12.1 Å². The van der Waals surface area contributed by atoms with Crippen LogP contribution in [0.25, 0.3) is 11.1 Å². The summed E-state index contributed by atoms with van der Waals surface area (Å²) >= 11 is 0. The van der Waals surface area contributed by atoms with E-state index >= 15 is 0 Å². The molecule has 0 spiro atoms. The predicted molar refractivity (Wildman–Crippen MR) is 131 cm³/mol. The van der Waals surface area contributed by atoms with Gasteiger partial charge in [0.05, 0.1) is 25.2 Å². The molecule has 0 radical (unpaired) electrons. The third kappa shape index (κ3) is 4.89. The number of carbonyl (C=O) groups is 2.